The van der Waals surface area contributed by atoms with Gasteiger partial charge < -0.3 is 0 Å². The number of hydrogen-bond donors (Lipinski definition) is 0. The molecule has 0 aliphatic rings. The average molecular weight is 303 g/mol. The minimum absolute atomic E-state index is 1.24. The first-order valence-electron chi connectivity index (χ1n) is 7.67. The van der Waals surface area contributed by atoms with Crippen LogP contribution in [0.15, 0.2) is 11.1 Å². The molecule has 0 saturated carbocycles. The van der Waals surface area contributed by atoms with Crippen LogP contribution in [0.3, 0.4) is 0 Å². The molecule has 0 atom stereocenters. The summed E-state index contributed by atoms with van der Waals surface area (Å²) in [4.78, 5) is 1.98. The van der Waals surface area contributed by atoms with Crippen molar-refractivity contribution in [1.82, 2.24) is 0 Å². The molecule has 0 fully saturated rings. The minimum Gasteiger partial charge on any atom is -0.0776 e. The van der Waals surface area contributed by atoms with Crippen molar-refractivity contribution in [2.45, 2.75) is 90.4 Å². The highest BCUT2D eigenvalue weighted by molar-refractivity contribution is 9.11. The van der Waals surface area contributed by atoms with Crippen molar-refractivity contribution in [2.24, 2.45) is 0 Å². The molecule has 0 heterocycles. The summed E-state index contributed by atoms with van der Waals surface area (Å²) >= 11 is 3.30. The van der Waals surface area contributed by atoms with Gasteiger partial charge in [0.05, 0.1) is 0 Å². The van der Waals surface area contributed by atoms with Gasteiger partial charge in [-0.1, -0.05) is 99.6 Å². The van der Waals surface area contributed by atoms with E-state index in [-0.39, 0.29) is 0 Å². The molecule has 0 amide bonds. The number of unbranched alkanes of at least 4 members (excludes halogenated alkanes) is 12. The molecule has 0 bridgehead atoms. The van der Waals surface area contributed by atoms with Crippen molar-refractivity contribution < 1.29 is 0 Å². The fourth-order valence-corrected chi connectivity index (χ4v) is 2.43. The van der Waals surface area contributed by atoms with Gasteiger partial charge in [0.1, 0.15) is 0 Å². The monoisotopic (exact) mass is 302 g/mol. The van der Waals surface area contributed by atoms with Crippen molar-refractivity contribution in [1.29, 1.82) is 0 Å². The molecule has 0 saturated heterocycles. The first-order valence-corrected chi connectivity index (χ1v) is 8.58. The summed E-state index contributed by atoms with van der Waals surface area (Å²) in [5.41, 5.74) is 0. The van der Waals surface area contributed by atoms with Gasteiger partial charge in [0.2, 0.25) is 0 Å². The van der Waals surface area contributed by atoms with Crippen LogP contribution in [0.4, 0.5) is 0 Å². The van der Waals surface area contributed by atoms with Crippen molar-refractivity contribution in [3.8, 4) is 0 Å². The van der Waals surface area contributed by atoms with Crippen molar-refractivity contribution in [3.05, 3.63) is 11.1 Å². The van der Waals surface area contributed by atoms with Gasteiger partial charge in [-0.15, -0.1) is 0 Å². The zero-order valence-corrected chi connectivity index (χ0v) is 13.3. The second-order valence-electron chi connectivity index (χ2n) is 5.04. The van der Waals surface area contributed by atoms with Crippen LogP contribution in [-0.2, 0) is 0 Å². The largest absolute Gasteiger partial charge is 0.0776 e. The fourth-order valence-electron chi connectivity index (χ4n) is 2.17. The van der Waals surface area contributed by atoms with Gasteiger partial charge in [-0.2, -0.15) is 0 Å². The fraction of sp³-hybridized carbons (Fsp3) is 0.875. The van der Waals surface area contributed by atoms with Gasteiger partial charge in [-0.05, 0) is 17.8 Å². The molecule has 0 aromatic heterocycles. The van der Waals surface area contributed by atoms with E-state index in [0.29, 0.717) is 0 Å². The van der Waals surface area contributed by atoms with Crippen LogP contribution in [-0.4, -0.2) is 0 Å². The van der Waals surface area contributed by atoms with E-state index in [0.717, 1.165) is 0 Å². The van der Waals surface area contributed by atoms with E-state index in [4.69, 9.17) is 0 Å². The molecule has 0 rings (SSSR count). The van der Waals surface area contributed by atoms with Gasteiger partial charge in [0.25, 0.3) is 0 Å². The Morgan fingerprint density at radius 3 is 1.47 bits per heavy atom. The van der Waals surface area contributed by atoms with Crippen LogP contribution >= 0.6 is 15.9 Å². The lowest BCUT2D eigenvalue weighted by molar-refractivity contribution is 0.545. The third-order valence-corrected chi connectivity index (χ3v) is 3.69. The maximum Gasteiger partial charge on any atom is -0.0229 e. The predicted molar refractivity (Wildman–Crippen MR) is 83.8 cm³/mol. The highest BCUT2D eigenvalue weighted by Gasteiger charge is 1.92. The van der Waals surface area contributed by atoms with Crippen LogP contribution in [0.2, 0.25) is 0 Å². The molecule has 0 aromatic rings. The molecule has 0 radical (unpaired) electrons. The Bertz CT molecular complexity index is 152. The lowest BCUT2D eigenvalue weighted by atomic mass is 10.0. The molecule has 0 spiro atoms. The second kappa shape index (κ2) is 16.2. The molecular weight excluding hydrogens is 272 g/mol. The van der Waals surface area contributed by atoms with Crippen LogP contribution in [0.25, 0.3) is 0 Å². The van der Waals surface area contributed by atoms with E-state index < -0.39 is 0 Å². The van der Waals surface area contributed by atoms with Crippen LogP contribution < -0.4 is 0 Å². The quantitative estimate of drug-likeness (QED) is 0.322. The first-order chi connectivity index (χ1) is 8.41. The maximum atomic E-state index is 3.30. The molecule has 1 heteroatoms. The number of allylic oxidation sites excluding steroid dienone is 1. The van der Waals surface area contributed by atoms with Crippen molar-refractivity contribution in [3.63, 3.8) is 0 Å². The maximum absolute atomic E-state index is 3.30. The Balaban J connectivity index is 2.89. The predicted octanol–water partition coefficient (Wildman–Crippen LogP) is 6.99. The van der Waals surface area contributed by atoms with Crippen molar-refractivity contribution in [2.75, 3.05) is 0 Å². The molecule has 0 nitrogen and oxygen atoms in total. The van der Waals surface area contributed by atoms with Gasteiger partial charge in [-0.25, -0.2) is 0 Å². The standard InChI is InChI=1S/C16H31Br/c1-2-3-4-5-6-7-8-9-10-11-12-13-14-15-16-17/h15-16H,2-14H2,1H3. The molecular formula is C16H31Br. The SMILES string of the molecule is CCCCCCCCCCCCCCC=CBr. The normalized spacial score (nSPS) is 11.4. The molecule has 0 N–H and O–H groups in total. The summed E-state index contributed by atoms with van der Waals surface area (Å²) < 4.78 is 0. The summed E-state index contributed by atoms with van der Waals surface area (Å²) in [7, 11) is 0. The summed E-state index contributed by atoms with van der Waals surface area (Å²) in [6.07, 6.45) is 20.7. The van der Waals surface area contributed by atoms with E-state index in [9.17, 15) is 0 Å². The van der Waals surface area contributed by atoms with Gasteiger partial charge in [0, 0.05) is 0 Å². The molecule has 0 aromatic carbocycles. The van der Waals surface area contributed by atoms with E-state index >= 15 is 0 Å². The molecule has 0 aliphatic heterocycles. The first kappa shape index (κ1) is 17.2. The highest BCUT2D eigenvalue weighted by Crippen LogP contribution is 2.12. The lowest BCUT2D eigenvalue weighted by Crippen LogP contribution is -1.82. The molecule has 17 heavy (non-hydrogen) atoms. The van der Waals surface area contributed by atoms with E-state index in [1.807, 2.05) is 4.99 Å². The lowest BCUT2D eigenvalue weighted by Gasteiger charge is -2.02. The van der Waals surface area contributed by atoms with Gasteiger partial charge in [0.15, 0.2) is 0 Å². The van der Waals surface area contributed by atoms with Gasteiger partial charge >= 0.3 is 0 Å². The summed E-state index contributed by atoms with van der Waals surface area (Å²) in [6.45, 7) is 2.29. The Morgan fingerprint density at radius 2 is 1.06 bits per heavy atom. The molecule has 0 aliphatic carbocycles. The van der Waals surface area contributed by atoms with Crippen LogP contribution in [0.5, 0.6) is 0 Å². The Morgan fingerprint density at radius 1 is 0.647 bits per heavy atom. The summed E-state index contributed by atoms with van der Waals surface area (Å²) in [5.74, 6) is 0. The van der Waals surface area contributed by atoms with E-state index in [1.54, 1.807) is 0 Å². The zero-order chi connectivity index (χ0) is 12.6. The third kappa shape index (κ3) is 16.2. The van der Waals surface area contributed by atoms with E-state index in [1.165, 1.54) is 83.5 Å². The second-order valence-corrected chi connectivity index (χ2v) is 5.57. The summed E-state index contributed by atoms with van der Waals surface area (Å²) in [5, 5.41) is 0. The molecule has 102 valence electrons. The molecule has 0 unspecified atom stereocenters. The van der Waals surface area contributed by atoms with Crippen molar-refractivity contribution >= 4 is 15.9 Å². The van der Waals surface area contributed by atoms with Crippen LogP contribution in [0.1, 0.15) is 90.4 Å². The Hall–Kier alpha value is 0.220. The summed E-state index contributed by atoms with van der Waals surface area (Å²) in [6, 6.07) is 0. The van der Waals surface area contributed by atoms with E-state index in [2.05, 4.69) is 28.9 Å². The smallest absolute Gasteiger partial charge is 0.0229 e. The Kier molecular flexibility index (Phi) is 16.4. The number of halogens is 1. The highest BCUT2D eigenvalue weighted by atomic mass is 79.9. The minimum atomic E-state index is 1.24. The topological polar surface area (TPSA) is 0 Å². The van der Waals surface area contributed by atoms with Crippen LogP contribution in [0, 0.1) is 0 Å². The van der Waals surface area contributed by atoms with Gasteiger partial charge in [-0.3, -0.25) is 0 Å². The number of rotatable bonds is 13. The average Bonchev–Trinajstić information content (AvgIpc) is 2.35. The zero-order valence-electron chi connectivity index (χ0n) is 11.7. The Labute approximate surface area is 117 Å². The number of hydrogen-bond acceptors (Lipinski definition) is 0. The third-order valence-electron chi connectivity index (χ3n) is 3.31.